The smallest absolute Gasteiger partial charge is 0.241 e. The molecule has 4 nitrogen and oxygen atoms in total. The zero-order valence-corrected chi connectivity index (χ0v) is 13.5. The van der Waals surface area contributed by atoms with Crippen molar-refractivity contribution >= 4 is 11.6 Å². The van der Waals surface area contributed by atoms with Crippen molar-refractivity contribution in [3.63, 3.8) is 0 Å². The Labute approximate surface area is 137 Å². The molecule has 0 aromatic heterocycles. The molecule has 3 rings (SSSR count). The maximum absolute atomic E-state index is 12.5. The van der Waals surface area contributed by atoms with Crippen molar-refractivity contribution in [2.24, 2.45) is 5.73 Å². The van der Waals surface area contributed by atoms with E-state index >= 15 is 0 Å². The summed E-state index contributed by atoms with van der Waals surface area (Å²) in [5.41, 5.74) is 10.2. The fraction of sp³-hybridized carbons (Fsp3) is 0.316. The van der Waals surface area contributed by atoms with Crippen LogP contribution in [0.15, 0.2) is 48.5 Å². The van der Waals surface area contributed by atoms with Crippen molar-refractivity contribution in [2.45, 2.75) is 32.5 Å². The van der Waals surface area contributed by atoms with Gasteiger partial charge in [-0.25, -0.2) is 0 Å². The van der Waals surface area contributed by atoms with Crippen LogP contribution in [0.2, 0.25) is 0 Å². The normalized spacial score (nSPS) is 15.7. The van der Waals surface area contributed by atoms with Gasteiger partial charge < -0.3 is 11.1 Å². The van der Waals surface area contributed by atoms with Crippen molar-refractivity contribution in [3.05, 3.63) is 65.2 Å². The first-order chi connectivity index (χ1) is 11.2. The molecule has 1 amide bonds. The van der Waals surface area contributed by atoms with Gasteiger partial charge in [0.1, 0.15) is 0 Å². The number of hydrogen-bond acceptors (Lipinski definition) is 3. The molecule has 1 unspecified atom stereocenters. The van der Waals surface area contributed by atoms with Gasteiger partial charge >= 0.3 is 0 Å². The van der Waals surface area contributed by atoms with Gasteiger partial charge in [-0.15, -0.1) is 0 Å². The van der Waals surface area contributed by atoms with E-state index in [-0.39, 0.29) is 11.9 Å². The van der Waals surface area contributed by atoms with Crippen LogP contribution in [0.1, 0.15) is 23.6 Å². The van der Waals surface area contributed by atoms with Crippen molar-refractivity contribution < 1.29 is 4.79 Å². The Kier molecular flexibility index (Phi) is 4.74. The lowest BCUT2D eigenvalue weighted by Crippen LogP contribution is -2.44. The Morgan fingerprint density at radius 2 is 1.87 bits per heavy atom. The quantitative estimate of drug-likeness (QED) is 0.912. The molecule has 1 atom stereocenters. The number of rotatable bonds is 4. The third-order valence-electron chi connectivity index (χ3n) is 4.54. The van der Waals surface area contributed by atoms with Gasteiger partial charge in [-0.3, -0.25) is 9.69 Å². The Morgan fingerprint density at radius 1 is 1.17 bits per heavy atom. The average Bonchev–Trinajstić information content (AvgIpc) is 2.61. The van der Waals surface area contributed by atoms with E-state index in [4.69, 9.17) is 5.73 Å². The summed E-state index contributed by atoms with van der Waals surface area (Å²) in [6, 6.07) is 16.0. The number of carbonyl (C=O) groups is 1. The molecular weight excluding hydrogens is 286 g/mol. The lowest BCUT2D eigenvalue weighted by atomic mass is 9.99. The monoisotopic (exact) mass is 309 g/mol. The minimum Gasteiger partial charge on any atom is -0.326 e. The van der Waals surface area contributed by atoms with Gasteiger partial charge in [-0.05, 0) is 42.2 Å². The Hall–Kier alpha value is -2.17. The summed E-state index contributed by atoms with van der Waals surface area (Å²) in [5, 5.41) is 2.99. The molecule has 1 heterocycles. The largest absolute Gasteiger partial charge is 0.326 e. The molecule has 4 heteroatoms. The molecule has 1 aliphatic rings. The third-order valence-corrected chi connectivity index (χ3v) is 4.54. The molecule has 1 aliphatic heterocycles. The first-order valence-electron chi connectivity index (χ1n) is 8.08. The summed E-state index contributed by atoms with van der Waals surface area (Å²) in [4.78, 5) is 14.7. The first kappa shape index (κ1) is 15.7. The summed E-state index contributed by atoms with van der Waals surface area (Å²) >= 11 is 0. The van der Waals surface area contributed by atoms with E-state index in [1.807, 2.05) is 31.2 Å². The molecule has 2 aromatic carbocycles. The standard InChI is InChI=1S/C19H23N3O/c1-14(19(23)21-18-8-6-15(12-20)7-9-18)22-11-10-16-4-2-3-5-17(16)13-22/h2-9,14H,10-13,20H2,1H3,(H,21,23). The second-order valence-electron chi connectivity index (χ2n) is 6.06. The van der Waals surface area contributed by atoms with Gasteiger partial charge in [-0.2, -0.15) is 0 Å². The van der Waals surface area contributed by atoms with Crippen LogP contribution in [0.3, 0.4) is 0 Å². The zero-order chi connectivity index (χ0) is 16.2. The highest BCUT2D eigenvalue weighted by Gasteiger charge is 2.25. The topological polar surface area (TPSA) is 58.4 Å². The fourth-order valence-corrected chi connectivity index (χ4v) is 2.98. The molecule has 120 valence electrons. The van der Waals surface area contributed by atoms with Gasteiger partial charge in [0.2, 0.25) is 5.91 Å². The highest BCUT2D eigenvalue weighted by atomic mass is 16.2. The molecule has 0 aliphatic carbocycles. The second kappa shape index (κ2) is 6.94. The molecule has 3 N–H and O–H groups in total. The molecule has 0 saturated carbocycles. The van der Waals surface area contributed by atoms with Crippen LogP contribution in [-0.4, -0.2) is 23.4 Å². The number of anilines is 1. The minimum absolute atomic E-state index is 0.0323. The average molecular weight is 309 g/mol. The second-order valence-corrected chi connectivity index (χ2v) is 6.06. The van der Waals surface area contributed by atoms with Crippen LogP contribution in [-0.2, 0) is 24.3 Å². The summed E-state index contributed by atoms with van der Waals surface area (Å²) < 4.78 is 0. The van der Waals surface area contributed by atoms with Gasteiger partial charge in [0.15, 0.2) is 0 Å². The summed E-state index contributed by atoms with van der Waals surface area (Å²) in [6.45, 7) is 4.23. The number of nitrogens with zero attached hydrogens (tertiary/aromatic N) is 1. The lowest BCUT2D eigenvalue weighted by Gasteiger charge is -2.32. The van der Waals surface area contributed by atoms with E-state index in [1.54, 1.807) is 0 Å². The molecular formula is C19H23N3O. The van der Waals surface area contributed by atoms with Crippen molar-refractivity contribution in [1.82, 2.24) is 4.90 Å². The first-order valence-corrected chi connectivity index (χ1v) is 8.08. The van der Waals surface area contributed by atoms with E-state index in [1.165, 1.54) is 11.1 Å². The molecule has 0 spiro atoms. The molecule has 23 heavy (non-hydrogen) atoms. The van der Waals surface area contributed by atoms with E-state index in [0.29, 0.717) is 6.54 Å². The summed E-state index contributed by atoms with van der Waals surface area (Å²) in [6.07, 6.45) is 0.999. The van der Waals surface area contributed by atoms with Crippen molar-refractivity contribution in [2.75, 3.05) is 11.9 Å². The number of nitrogens with one attached hydrogen (secondary N) is 1. The molecule has 0 radical (unpaired) electrons. The Morgan fingerprint density at radius 3 is 2.57 bits per heavy atom. The molecule has 2 aromatic rings. The highest BCUT2D eigenvalue weighted by molar-refractivity contribution is 5.94. The van der Waals surface area contributed by atoms with Crippen molar-refractivity contribution in [1.29, 1.82) is 0 Å². The number of nitrogens with two attached hydrogens (primary N) is 1. The summed E-state index contributed by atoms with van der Waals surface area (Å²) in [5.74, 6) is 0.0323. The SMILES string of the molecule is CC(C(=O)Nc1ccc(CN)cc1)N1CCc2ccccc2C1. The predicted octanol–water partition coefficient (Wildman–Crippen LogP) is 2.53. The number of amides is 1. The lowest BCUT2D eigenvalue weighted by molar-refractivity contribution is -0.121. The minimum atomic E-state index is -0.155. The van der Waals surface area contributed by atoms with E-state index < -0.39 is 0 Å². The Balaban J connectivity index is 1.63. The fourth-order valence-electron chi connectivity index (χ4n) is 2.98. The van der Waals surface area contributed by atoms with Gasteiger partial charge in [-0.1, -0.05) is 36.4 Å². The third kappa shape index (κ3) is 3.60. The van der Waals surface area contributed by atoms with E-state index in [9.17, 15) is 4.79 Å². The van der Waals surface area contributed by atoms with Crippen LogP contribution in [0.5, 0.6) is 0 Å². The number of fused-ring (bicyclic) bond motifs is 1. The Bertz CT molecular complexity index is 681. The van der Waals surface area contributed by atoms with E-state index in [2.05, 4.69) is 34.5 Å². The van der Waals surface area contributed by atoms with Crippen LogP contribution in [0, 0.1) is 0 Å². The zero-order valence-electron chi connectivity index (χ0n) is 13.5. The van der Waals surface area contributed by atoms with Crippen LogP contribution >= 0.6 is 0 Å². The van der Waals surface area contributed by atoms with Crippen LogP contribution in [0.25, 0.3) is 0 Å². The highest BCUT2D eigenvalue weighted by Crippen LogP contribution is 2.21. The molecule has 0 bridgehead atoms. The number of benzene rings is 2. The number of carbonyl (C=O) groups excluding carboxylic acids is 1. The molecule has 0 fully saturated rings. The van der Waals surface area contributed by atoms with Crippen LogP contribution in [0.4, 0.5) is 5.69 Å². The van der Waals surface area contributed by atoms with Gasteiger partial charge in [0, 0.05) is 25.3 Å². The van der Waals surface area contributed by atoms with Crippen LogP contribution < -0.4 is 11.1 Å². The van der Waals surface area contributed by atoms with Crippen molar-refractivity contribution in [3.8, 4) is 0 Å². The van der Waals surface area contributed by atoms with Gasteiger partial charge in [0.05, 0.1) is 6.04 Å². The van der Waals surface area contributed by atoms with Gasteiger partial charge in [0.25, 0.3) is 0 Å². The predicted molar refractivity (Wildman–Crippen MR) is 93.0 cm³/mol. The maximum Gasteiger partial charge on any atom is 0.241 e. The summed E-state index contributed by atoms with van der Waals surface area (Å²) in [7, 11) is 0. The number of hydrogen-bond donors (Lipinski definition) is 2. The van der Waals surface area contributed by atoms with E-state index in [0.717, 1.165) is 30.8 Å². The molecule has 0 saturated heterocycles. The maximum atomic E-state index is 12.5.